The maximum atomic E-state index is 6.54. The lowest BCUT2D eigenvalue weighted by Gasteiger charge is -2.39. The van der Waals surface area contributed by atoms with Gasteiger partial charge < -0.3 is 4.74 Å². The highest BCUT2D eigenvalue weighted by Crippen LogP contribution is 2.62. The second-order valence-corrected chi connectivity index (χ2v) is 14.1. The number of nitrogens with zero attached hydrogens (tertiary/aromatic N) is 2. The first kappa shape index (κ1) is 30.5. The number of benzene rings is 8. The SMILES string of the molecule is c1ccc(-c2ccc(-c3nc(-c4ccc(-c5ccc6c(c5)C5(c7ccccc7Oc7ccccc75)c5ccccc5-6)cc4)nc4ccccc34)cc2)cc1. The molecule has 0 unspecified atom stereocenters. The third-order valence-corrected chi connectivity index (χ3v) is 11.2. The molecule has 8 aromatic carbocycles. The van der Waals surface area contributed by atoms with Gasteiger partial charge in [-0.25, -0.2) is 9.97 Å². The van der Waals surface area contributed by atoms with Gasteiger partial charge >= 0.3 is 0 Å². The molecule has 0 fully saturated rings. The molecule has 0 bridgehead atoms. The lowest BCUT2D eigenvalue weighted by molar-refractivity contribution is 0.436. The Balaban J connectivity index is 1.01. The molecule has 0 radical (unpaired) electrons. The normalized spacial score (nSPS) is 13.1. The number of hydrogen-bond donors (Lipinski definition) is 0. The van der Waals surface area contributed by atoms with Crippen LogP contribution in [0.15, 0.2) is 194 Å². The highest BCUT2D eigenvalue weighted by atomic mass is 16.5. The lowest BCUT2D eigenvalue weighted by Crippen LogP contribution is -2.32. The Hall–Kier alpha value is -7.10. The number of hydrogen-bond acceptors (Lipinski definition) is 3. The van der Waals surface area contributed by atoms with E-state index >= 15 is 0 Å². The van der Waals surface area contributed by atoms with Crippen LogP contribution in [0.3, 0.4) is 0 Å². The van der Waals surface area contributed by atoms with Gasteiger partial charge in [0.25, 0.3) is 0 Å². The minimum absolute atomic E-state index is 0.498. The summed E-state index contributed by atoms with van der Waals surface area (Å²) >= 11 is 0. The Bertz CT molecular complexity index is 2850. The van der Waals surface area contributed by atoms with Crippen molar-refractivity contribution in [3.8, 4) is 67.5 Å². The predicted octanol–water partition coefficient (Wildman–Crippen LogP) is 12.8. The molecule has 1 spiro atoms. The van der Waals surface area contributed by atoms with E-state index in [1.54, 1.807) is 0 Å². The maximum Gasteiger partial charge on any atom is 0.160 e. The summed E-state index contributed by atoms with van der Waals surface area (Å²) in [6.45, 7) is 0. The third kappa shape index (κ3) is 4.55. The summed E-state index contributed by atoms with van der Waals surface area (Å²) in [6.07, 6.45) is 0. The maximum absolute atomic E-state index is 6.54. The number of rotatable bonds is 4. The van der Waals surface area contributed by atoms with Gasteiger partial charge in [-0.2, -0.15) is 0 Å². The first-order chi connectivity index (χ1) is 26.8. The Morgan fingerprint density at radius 3 is 1.61 bits per heavy atom. The lowest BCUT2D eigenvalue weighted by atomic mass is 9.66. The molecule has 0 atom stereocenters. The van der Waals surface area contributed by atoms with Crippen molar-refractivity contribution in [3.63, 3.8) is 0 Å². The number of fused-ring (bicyclic) bond motifs is 10. The molecule has 3 heteroatoms. The van der Waals surface area contributed by atoms with Crippen molar-refractivity contribution in [2.75, 3.05) is 0 Å². The topological polar surface area (TPSA) is 35.0 Å². The van der Waals surface area contributed by atoms with E-state index in [0.717, 1.165) is 50.3 Å². The van der Waals surface area contributed by atoms with Crippen molar-refractivity contribution >= 4 is 10.9 Å². The van der Waals surface area contributed by atoms with Crippen LogP contribution in [0.1, 0.15) is 22.3 Å². The van der Waals surface area contributed by atoms with Crippen LogP contribution in [-0.2, 0) is 5.41 Å². The minimum Gasteiger partial charge on any atom is -0.457 e. The molecule has 0 saturated carbocycles. The zero-order valence-electron chi connectivity index (χ0n) is 29.3. The summed E-state index contributed by atoms with van der Waals surface area (Å²) in [5.41, 5.74) is 15.5. The fourth-order valence-corrected chi connectivity index (χ4v) is 8.72. The second-order valence-electron chi connectivity index (χ2n) is 14.1. The van der Waals surface area contributed by atoms with E-state index in [1.807, 2.05) is 12.1 Å². The Morgan fingerprint density at radius 2 is 0.870 bits per heavy atom. The molecule has 1 aliphatic heterocycles. The average molecular weight is 689 g/mol. The van der Waals surface area contributed by atoms with Gasteiger partial charge in [-0.1, -0.05) is 170 Å². The standard InChI is InChI=1S/C51H32N2O/c1-2-12-33(13-3-1)34-22-26-36(27-23-34)49-41-15-5-9-19-46(41)52-50(53-49)37-28-24-35(25-29-37)38-30-31-40-39-14-4-6-16-42(39)51(45(40)32-38)43-17-7-10-20-47(43)54-48-21-11-8-18-44(48)51/h1-32H. The molecule has 0 amide bonds. The molecule has 54 heavy (non-hydrogen) atoms. The van der Waals surface area contributed by atoms with Crippen molar-refractivity contribution in [2.24, 2.45) is 0 Å². The number of ether oxygens (including phenoxy) is 1. The highest BCUT2D eigenvalue weighted by Gasteiger charge is 2.51. The molecule has 3 nitrogen and oxygen atoms in total. The van der Waals surface area contributed by atoms with Crippen molar-refractivity contribution in [1.29, 1.82) is 0 Å². The van der Waals surface area contributed by atoms with Gasteiger partial charge in [0, 0.05) is 27.6 Å². The Labute approximate surface area is 313 Å². The van der Waals surface area contributed by atoms with Crippen LogP contribution in [0.25, 0.3) is 66.9 Å². The smallest absolute Gasteiger partial charge is 0.160 e. The van der Waals surface area contributed by atoms with Crippen LogP contribution < -0.4 is 4.74 Å². The predicted molar refractivity (Wildman–Crippen MR) is 219 cm³/mol. The largest absolute Gasteiger partial charge is 0.457 e. The number of para-hydroxylation sites is 3. The fourth-order valence-electron chi connectivity index (χ4n) is 8.72. The van der Waals surface area contributed by atoms with Crippen molar-refractivity contribution in [2.45, 2.75) is 5.41 Å². The molecule has 11 rings (SSSR count). The van der Waals surface area contributed by atoms with Crippen LogP contribution in [0.5, 0.6) is 11.5 Å². The van der Waals surface area contributed by atoms with Crippen molar-refractivity contribution < 1.29 is 4.74 Å². The molecule has 0 N–H and O–H groups in total. The van der Waals surface area contributed by atoms with Gasteiger partial charge in [0.2, 0.25) is 0 Å². The third-order valence-electron chi connectivity index (χ3n) is 11.2. The molecular formula is C51H32N2O. The van der Waals surface area contributed by atoms with Gasteiger partial charge in [0.1, 0.15) is 11.5 Å². The second kappa shape index (κ2) is 12.0. The summed E-state index contributed by atoms with van der Waals surface area (Å²) in [5.74, 6) is 2.51. The van der Waals surface area contributed by atoms with Crippen molar-refractivity contribution in [1.82, 2.24) is 9.97 Å². The molecular weight excluding hydrogens is 657 g/mol. The van der Waals surface area contributed by atoms with Gasteiger partial charge in [0.05, 0.1) is 16.6 Å². The zero-order valence-corrected chi connectivity index (χ0v) is 29.3. The van der Waals surface area contributed by atoms with Crippen LogP contribution in [-0.4, -0.2) is 9.97 Å². The van der Waals surface area contributed by atoms with Crippen LogP contribution in [0, 0.1) is 0 Å². The Kier molecular flexibility index (Phi) is 6.77. The first-order valence-corrected chi connectivity index (χ1v) is 18.4. The quantitative estimate of drug-likeness (QED) is 0.185. The van der Waals surface area contributed by atoms with Gasteiger partial charge in [-0.05, 0) is 68.8 Å². The average Bonchev–Trinajstić information content (AvgIpc) is 3.54. The van der Waals surface area contributed by atoms with Crippen molar-refractivity contribution in [3.05, 3.63) is 216 Å². The van der Waals surface area contributed by atoms with E-state index in [-0.39, 0.29) is 0 Å². The molecule has 1 aliphatic carbocycles. The van der Waals surface area contributed by atoms with E-state index in [9.17, 15) is 0 Å². The first-order valence-electron chi connectivity index (χ1n) is 18.4. The van der Waals surface area contributed by atoms with E-state index in [1.165, 1.54) is 44.5 Å². The fraction of sp³-hybridized carbons (Fsp3) is 0.0196. The molecule has 1 aromatic heterocycles. The van der Waals surface area contributed by atoms with E-state index in [4.69, 9.17) is 14.7 Å². The summed E-state index contributed by atoms with van der Waals surface area (Å²) in [4.78, 5) is 10.2. The molecule has 252 valence electrons. The minimum atomic E-state index is -0.498. The van der Waals surface area contributed by atoms with Gasteiger partial charge in [0.15, 0.2) is 5.82 Å². The van der Waals surface area contributed by atoms with E-state index in [0.29, 0.717) is 5.82 Å². The molecule has 0 saturated heterocycles. The van der Waals surface area contributed by atoms with E-state index < -0.39 is 5.41 Å². The van der Waals surface area contributed by atoms with E-state index in [2.05, 4.69) is 182 Å². The molecule has 9 aromatic rings. The van der Waals surface area contributed by atoms with Crippen LogP contribution >= 0.6 is 0 Å². The van der Waals surface area contributed by atoms with Crippen LogP contribution in [0.4, 0.5) is 0 Å². The Morgan fingerprint density at radius 1 is 0.352 bits per heavy atom. The summed E-state index contributed by atoms with van der Waals surface area (Å²) < 4.78 is 6.54. The summed E-state index contributed by atoms with van der Waals surface area (Å²) in [5, 5.41) is 1.04. The summed E-state index contributed by atoms with van der Waals surface area (Å²) in [7, 11) is 0. The van der Waals surface area contributed by atoms with Gasteiger partial charge in [-0.3, -0.25) is 0 Å². The van der Waals surface area contributed by atoms with Gasteiger partial charge in [-0.15, -0.1) is 0 Å². The van der Waals surface area contributed by atoms with Crippen LogP contribution in [0.2, 0.25) is 0 Å². The monoisotopic (exact) mass is 688 g/mol. The molecule has 2 heterocycles. The highest BCUT2D eigenvalue weighted by molar-refractivity contribution is 5.94. The zero-order chi connectivity index (χ0) is 35.6. The summed E-state index contributed by atoms with van der Waals surface area (Å²) in [6, 6.07) is 68.9. The molecule has 2 aliphatic rings. The number of aromatic nitrogens is 2.